The van der Waals surface area contributed by atoms with Crippen LogP contribution in [0.4, 0.5) is 4.39 Å². The number of carboxylic acid groups (broad SMARTS) is 1. The maximum Gasteiger partial charge on any atom is 0.307 e. The van der Waals surface area contributed by atoms with E-state index in [-0.39, 0.29) is 29.3 Å². The lowest BCUT2D eigenvalue weighted by Gasteiger charge is -2.35. The first-order valence-corrected chi connectivity index (χ1v) is 13.1. The Morgan fingerprint density at radius 1 is 1.08 bits per heavy atom. The number of carbonyl (C=O) groups excluding carboxylic acids is 1. The van der Waals surface area contributed by atoms with Crippen LogP contribution in [0.5, 0.6) is 0 Å². The van der Waals surface area contributed by atoms with Gasteiger partial charge in [-0.05, 0) is 61.9 Å². The molecule has 0 unspecified atom stereocenters. The molecule has 1 N–H and O–H groups in total. The number of pyridine rings is 1. The maximum atomic E-state index is 15.1. The molecule has 3 atom stereocenters. The topological polar surface area (TPSA) is 101 Å². The Morgan fingerprint density at radius 3 is 2.63 bits per heavy atom. The largest absolute Gasteiger partial charge is 0.481 e. The fourth-order valence-corrected chi connectivity index (χ4v) is 5.75. The number of nitrogens with zero attached hydrogens (tertiary/aromatic N) is 5. The zero-order valence-electron chi connectivity index (χ0n) is 20.8. The van der Waals surface area contributed by atoms with Gasteiger partial charge in [0.25, 0.3) is 5.91 Å². The van der Waals surface area contributed by atoms with Gasteiger partial charge >= 0.3 is 5.97 Å². The molecule has 0 spiro atoms. The van der Waals surface area contributed by atoms with Crippen molar-refractivity contribution in [2.45, 2.75) is 50.5 Å². The van der Waals surface area contributed by atoms with E-state index in [1.807, 2.05) is 30.0 Å². The zero-order chi connectivity index (χ0) is 26.1. The second-order valence-electron chi connectivity index (χ2n) is 10.6. The number of hydrogen-bond acceptors (Lipinski definition) is 5. The second kappa shape index (κ2) is 8.44. The number of amides is 1. The molecule has 4 heterocycles. The average Bonchev–Trinajstić information content (AvgIpc) is 3.84. The van der Waals surface area contributed by atoms with Gasteiger partial charge in [0.2, 0.25) is 5.95 Å². The molecule has 9 heteroatoms. The number of aliphatic carboxylic acids is 1. The van der Waals surface area contributed by atoms with Crippen LogP contribution in [0.25, 0.3) is 16.9 Å². The maximum absolute atomic E-state index is 15.1. The van der Waals surface area contributed by atoms with E-state index < -0.39 is 17.8 Å². The number of aromatic nitrogens is 4. The summed E-state index contributed by atoms with van der Waals surface area (Å²) >= 11 is 0. The fraction of sp³-hybridized carbons (Fsp3) is 0.345. The zero-order valence-corrected chi connectivity index (χ0v) is 20.8. The molecule has 3 aromatic heterocycles. The number of carbonyl (C=O) groups is 2. The average molecular weight is 512 g/mol. The van der Waals surface area contributed by atoms with Crippen LogP contribution in [0.2, 0.25) is 0 Å². The lowest BCUT2D eigenvalue weighted by atomic mass is 9.93. The molecule has 0 bridgehead atoms. The minimum atomic E-state index is -0.881. The van der Waals surface area contributed by atoms with Gasteiger partial charge in [-0.3, -0.25) is 9.59 Å². The van der Waals surface area contributed by atoms with Gasteiger partial charge in [0.1, 0.15) is 5.69 Å². The van der Waals surface area contributed by atoms with E-state index in [9.17, 15) is 14.7 Å². The molecule has 1 amide bonds. The van der Waals surface area contributed by atoms with Crippen LogP contribution in [0.3, 0.4) is 0 Å². The summed E-state index contributed by atoms with van der Waals surface area (Å²) in [4.78, 5) is 35.5. The molecule has 4 aromatic rings. The van der Waals surface area contributed by atoms with Crippen LogP contribution in [-0.4, -0.2) is 48.0 Å². The Morgan fingerprint density at radius 2 is 1.89 bits per heavy atom. The summed E-state index contributed by atoms with van der Waals surface area (Å²) in [5, 5.41) is 13.8. The third kappa shape index (κ3) is 3.76. The lowest BCUT2D eigenvalue weighted by Crippen LogP contribution is -2.39. The minimum absolute atomic E-state index is 0.0544. The Kier molecular flexibility index (Phi) is 5.11. The highest BCUT2D eigenvalue weighted by molar-refractivity contribution is 5.93. The van der Waals surface area contributed by atoms with Crippen molar-refractivity contribution in [3.05, 3.63) is 82.7 Å². The van der Waals surface area contributed by atoms with Crippen molar-refractivity contribution in [2.24, 2.45) is 5.92 Å². The third-order valence-corrected chi connectivity index (χ3v) is 8.16. The van der Waals surface area contributed by atoms with Gasteiger partial charge in [0.05, 0.1) is 23.2 Å². The van der Waals surface area contributed by atoms with Gasteiger partial charge in [0.15, 0.2) is 5.65 Å². The molecule has 1 aliphatic heterocycles. The van der Waals surface area contributed by atoms with Crippen LogP contribution < -0.4 is 0 Å². The quantitative estimate of drug-likeness (QED) is 0.388. The van der Waals surface area contributed by atoms with Crippen LogP contribution in [0.15, 0.2) is 48.5 Å². The van der Waals surface area contributed by atoms with Crippen molar-refractivity contribution in [1.82, 2.24) is 24.5 Å². The number of hydrogen-bond donors (Lipinski definition) is 1. The Bertz CT molecular complexity index is 1630. The van der Waals surface area contributed by atoms with Crippen molar-refractivity contribution < 1.29 is 19.1 Å². The summed E-state index contributed by atoms with van der Waals surface area (Å²) < 4.78 is 16.8. The Balaban J connectivity index is 1.23. The highest BCUT2D eigenvalue weighted by Crippen LogP contribution is 2.47. The first-order valence-electron chi connectivity index (χ1n) is 13.1. The first kappa shape index (κ1) is 23.0. The van der Waals surface area contributed by atoms with Crippen LogP contribution >= 0.6 is 0 Å². The number of halogens is 1. The molecular formula is C29H26FN5O3. The normalized spacial score (nSPS) is 22.4. The lowest BCUT2D eigenvalue weighted by molar-refractivity contribution is -0.138. The fourth-order valence-electron chi connectivity index (χ4n) is 5.75. The van der Waals surface area contributed by atoms with E-state index in [0.717, 1.165) is 30.5 Å². The summed E-state index contributed by atoms with van der Waals surface area (Å²) in [6.45, 7) is 2.67. The summed E-state index contributed by atoms with van der Waals surface area (Å²) in [7, 11) is 0. The van der Waals surface area contributed by atoms with Crippen LogP contribution in [0.1, 0.15) is 77.1 Å². The highest BCUT2D eigenvalue weighted by atomic mass is 19.1. The van der Waals surface area contributed by atoms with Crippen molar-refractivity contribution >= 4 is 17.5 Å². The van der Waals surface area contributed by atoms with Gasteiger partial charge in [-0.25, -0.2) is 14.5 Å². The van der Waals surface area contributed by atoms with Crippen LogP contribution in [0, 0.1) is 11.9 Å². The van der Waals surface area contributed by atoms with Gasteiger partial charge in [0, 0.05) is 35.8 Å². The summed E-state index contributed by atoms with van der Waals surface area (Å²) in [5.41, 5.74) is 5.26. The monoisotopic (exact) mass is 511 g/mol. The summed E-state index contributed by atoms with van der Waals surface area (Å²) in [6, 6.07) is 15.0. The van der Waals surface area contributed by atoms with Crippen molar-refractivity contribution in [1.29, 1.82) is 0 Å². The molecule has 8 nitrogen and oxygen atoms in total. The standard InChI is InChI=1S/C29H26FN5O3/c1-15-18-5-3-2-4-16(18)10-11-34(15)28(36)24-13-25(17-6-7-17)35-26(31-24)14-23(33-35)19-8-9-22(32-27(19)30)20-12-21(20)29(37)38/h2-5,8-9,13-15,17,20-21H,6-7,10-12H2,1H3,(H,37,38)/t15-,20-,21-/m1/s1. The molecular weight excluding hydrogens is 485 g/mol. The van der Waals surface area contributed by atoms with Gasteiger partial charge in [-0.1, -0.05) is 24.3 Å². The molecule has 2 aliphatic carbocycles. The predicted octanol–water partition coefficient (Wildman–Crippen LogP) is 4.76. The van der Waals surface area contributed by atoms with Crippen molar-refractivity contribution in [3.8, 4) is 11.3 Å². The SMILES string of the molecule is C[C@@H]1c2ccccc2CCN1C(=O)c1cc(C2CC2)n2nc(-c3ccc([C@@H]4C[C@H]4C(=O)O)nc3F)cc2n1. The molecule has 7 rings (SSSR count). The number of fused-ring (bicyclic) bond motifs is 2. The number of benzene rings is 1. The van der Waals surface area contributed by atoms with E-state index in [4.69, 9.17) is 0 Å². The first-order chi connectivity index (χ1) is 18.4. The van der Waals surface area contributed by atoms with E-state index in [2.05, 4.69) is 27.2 Å². The Labute approximate surface area is 218 Å². The van der Waals surface area contributed by atoms with Gasteiger partial charge < -0.3 is 10.0 Å². The van der Waals surface area contributed by atoms with Crippen molar-refractivity contribution in [3.63, 3.8) is 0 Å². The molecule has 192 valence electrons. The second-order valence-corrected chi connectivity index (χ2v) is 10.6. The third-order valence-electron chi connectivity index (χ3n) is 8.16. The summed E-state index contributed by atoms with van der Waals surface area (Å²) in [5.74, 6) is -2.15. The van der Waals surface area contributed by atoms with E-state index >= 15 is 4.39 Å². The predicted molar refractivity (Wildman–Crippen MR) is 136 cm³/mol. The molecule has 2 fully saturated rings. The number of carboxylic acids is 1. The van der Waals surface area contributed by atoms with Gasteiger partial charge in [-0.2, -0.15) is 9.49 Å². The van der Waals surface area contributed by atoms with E-state index in [1.54, 1.807) is 22.7 Å². The molecule has 1 aromatic carbocycles. The van der Waals surface area contributed by atoms with E-state index in [1.165, 1.54) is 5.56 Å². The highest BCUT2D eigenvalue weighted by Gasteiger charge is 2.45. The molecule has 38 heavy (non-hydrogen) atoms. The van der Waals surface area contributed by atoms with Crippen molar-refractivity contribution in [2.75, 3.05) is 6.54 Å². The smallest absolute Gasteiger partial charge is 0.307 e. The minimum Gasteiger partial charge on any atom is -0.481 e. The molecule has 0 saturated heterocycles. The molecule has 3 aliphatic rings. The van der Waals surface area contributed by atoms with Gasteiger partial charge in [-0.15, -0.1) is 0 Å². The summed E-state index contributed by atoms with van der Waals surface area (Å²) in [6.07, 6.45) is 3.29. The molecule has 2 saturated carbocycles. The van der Waals surface area contributed by atoms with E-state index in [0.29, 0.717) is 35.7 Å². The number of rotatable bonds is 5. The molecule has 0 radical (unpaired) electrons. The van der Waals surface area contributed by atoms with Crippen LogP contribution in [-0.2, 0) is 11.2 Å². The Hall–Kier alpha value is -4.14.